The molecule has 0 saturated heterocycles. The number of nitrogens with zero attached hydrogens (tertiary/aromatic N) is 2. The van der Waals surface area contributed by atoms with E-state index in [1.807, 2.05) is 13.0 Å². The summed E-state index contributed by atoms with van der Waals surface area (Å²) in [7, 11) is 3.11. The molecule has 2 aromatic heterocycles. The van der Waals surface area contributed by atoms with Crippen molar-refractivity contribution in [1.82, 2.24) is 15.0 Å². The van der Waals surface area contributed by atoms with Gasteiger partial charge in [-0.25, -0.2) is 4.98 Å². The van der Waals surface area contributed by atoms with Crippen LogP contribution in [-0.2, 0) is 4.74 Å². The van der Waals surface area contributed by atoms with Crippen LogP contribution in [0.1, 0.15) is 5.69 Å². The van der Waals surface area contributed by atoms with Gasteiger partial charge < -0.3 is 19.2 Å². The predicted octanol–water partition coefficient (Wildman–Crippen LogP) is 2.33. The maximum atomic E-state index is 12.6. The highest BCUT2D eigenvalue weighted by Crippen LogP contribution is 2.29. The standard InChI is InChI=1S/C18H19N3O4/c1-11-8-12(4-5-19-11)17-20-14-9-13(25-7-6-23-2)10-15(24-3)16(14)18(22)21-17/h4-5,8-10H,6-7H2,1-3H3,(H,20,21,22). The fraction of sp³-hybridized carbons (Fsp3) is 0.278. The number of hydrogen-bond acceptors (Lipinski definition) is 6. The molecule has 1 N–H and O–H groups in total. The van der Waals surface area contributed by atoms with E-state index in [4.69, 9.17) is 14.2 Å². The second-order valence-corrected chi connectivity index (χ2v) is 5.46. The first-order valence-electron chi connectivity index (χ1n) is 7.79. The number of fused-ring (bicyclic) bond motifs is 1. The lowest BCUT2D eigenvalue weighted by Gasteiger charge is -2.11. The first-order chi connectivity index (χ1) is 12.1. The summed E-state index contributed by atoms with van der Waals surface area (Å²) < 4.78 is 16.0. The van der Waals surface area contributed by atoms with Crippen molar-refractivity contribution in [3.63, 3.8) is 0 Å². The Bertz CT molecular complexity index is 953. The van der Waals surface area contributed by atoms with Crippen molar-refractivity contribution in [3.05, 3.63) is 46.5 Å². The first-order valence-corrected chi connectivity index (χ1v) is 7.79. The van der Waals surface area contributed by atoms with Gasteiger partial charge in [0.05, 0.1) is 19.2 Å². The molecule has 0 radical (unpaired) electrons. The molecule has 0 aliphatic carbocycles. The summed E-state index contributed by atoms with van der Waals surface area (Å²) in [6, 6.07) is 7.05. The Morgan fingerprint density at radius 3 is 2.72 bits per heavy atom. The number of aromatic nitrogens is 3. The lowest BCUT2D eigenvalue weighted by molar-refractivity contribution is 0.146. The summed E-state index contributed by atoms with van der Waals surface area (Å²) >= 11 is 0. The van der Waals surface area contributed by atoms with Crippen LogP contribution < -0.4 is 15.0 Å². The van der Waals surface area contributed by atoms with Gasteiger partial charge in [0.15, 0.2) is 0 Å². The molecule has 130 valence electrons. The summed E-state index contributed by atoms with van der Waals surface area (Å²) in [6.07, 6.45) is 1.68. The van der Waals surface area contributed by atoms with E-state index in [1.165, 1.54) is 7.11 Å². The Morgan fingerprint density at radius 1 is 1.16 bits per heavy atom. The highest BCUT2D eigenvalue weighted by Gasteiger charge is 2.13. The van der Waals surface area contributed by atoms with Gasteiger partial charge in [0.1, 0.15) is 29.3 Å². The zero-order valence-corrected chi connectivity index (χ0v) is 14.3. The Morgan fingerprint density at radius 2 is 2.00 bits per heavy atom. The molecule has 7 heteroatoms. The number of hydrogen-bond donors (Lipinski definition) is 1. The Balaban J connectivity index is 2.12. The van der Waals surface area contributed by atoms with Gasteiger partial charge in [-0.15, -0.1) is 0 Å². The molecule has 3 aromatic rings. The van der Waals surface area contributed by atoms with Crippen LogP contribution in [0.25, 0.3) is 22.3 Å². The third kappa shape index (κ3) is 3.61. The fourth-order valence-corrected chi connectivity index (χ4v) is 2.53. The number of rotatable bonds is 6. The number of aromatic amines is 1. The summed E-state index contributed by atoms with van der Waals surface area (Å²) in [5.74, 6) is 1.45. The summed E-state index contributed by atoms with van der Waals surface area (Å²) in [4.78, 5) is 24.1. The molecule has 0 aliphatic heterocycles. The van der Waals surface area contributed by atoms with Gasteiger partial charge in [-0.2, -0.15) is 0 Å². The molecule has 0 saturated carbocycles. The van der Waals surface area contributed by atoms with Crippen LogP contribution >= 0.6 is 0 Å². The second kappa shape index (κ2) is 7.31. The SMILES string of the molecule is COCCOc1cc(OC)c2c(=O)[nH]c(-c3ccnc(C)c3)nc2c1. The molecule has 0 bridgehead atoms. The van der Waals surface area contributed by atoms with Crippen LogP contribution in [-0.4, -0.2) is 42.4 Å². The molecule has 0 spiro atoms. The quantitative estimate of drug-likeness (QED) is 0.693. The third-order valence-electron chi connectivity index (χ3n) is 3.69. The number of ether oxygens (including phenoxy) is 3. The normalized spacial score (nSPS) is 10.8. The van der Waals surface area contributed by atoms with Crippen LogP contribution in [0.3, 0.4) is 0 Å². The number of H-pyrrole nitrogens is 1. The van der Waals surface area contributed by atoms with Gasteiger partial charge in [-0.05, 0) is 19.1 Å². The highest BCUT2D eigenvalue weighted by molar-refractivity contribution is 5.87. The van der Waals surface area contributed by atoms with E-state index in [0.29, 0.717) is 41.4 Å². The van der Waals surface area contributed by atoms with Gasteiger partial charge in [-0.1, -0.05) is 0 Å². The summed E-state index contributed by atoms with van der Waals surface area (Å²) in [5, 5.41) is 0.385. The minimum atomic E-state index is -0.269. The molecule has 3 rings (SSSR count). The molecule has 0 unspecified atom stereocenters. The topological polar surface area (TPSA) is 86.3 Å². The number of aryl methyl sites for hydroxylation is 1. The molecule has 2 heterocycles. The molecule has 0 amide bonds. The molecule has 1 aromatic carbocycles. The van der Waals surface area contributed by atoms with Crippen LogP contribution in [0.15, 0.2) is 35.3 Å². The van der Waals surface area contributed by atoms with Crippen LogP contribution in [0.2, 0.25) is 0 Å². The average Bonchev–Trinajstić information content (AvgIpc) is 2.61. The third-order valence-corrected chi connectivity index (χ3v) is 3.69. The molecule has 7 nitrogen and oxygen atoms in total. The Kier molecular flexibility index (Phi) is 4.95. The zero-order chi connectivity index (χ0) is 17.8. The Hall–Kier alpha value is -2.93. The number of nitrogens with one attached hydrogen (secondary N) is 1. The first kappa shape index (κ1) is 16.9. The number of methoxy groups -OCH3 is 2. The minimum Gasteiger partial charge on any atom is -0.496 e. The zero-order valence-electron chi connectivity index (χ0n) is 14.3. The number of pyridine rings is 1. The van der Waals surface area contributed by atoms with Crippen LogP contribution in [0, 0.1) is 6.92 Å². The van der Waals surface area contributed by atoms with Gasteiger partial charge in [-0.3, -0.25) is 9.78 Å². The lowest BCUT2D eigenvalue weighted by Crippen LogP contribution is -2.12. The van der Waals surface area contributed by atoms with E-state index in [1.54, 1.807) is 31.5 Å². The molecule has 0 fully saturated rings. The average molecular weight is 341 g/mol. The fourth-order valence-electron chi connectivity index (χ4n) is 2.53. The predicted molar refractivity (Wildman–Crippen MR) is 94.3 cm³/mol. The largest absolute Gasteiger partial charge is 0.496 e. The van der Waals surface area contributed by atoms with Crippen molar-refractivity contribution in [2.75, 3.05) is 27.4 Å². The number of benzene rings is 1. The van der Waals surface area contributed by atoms with E-state index in [0.717, 1.165) is 11.3 Å². The van der Waals surface area contributed by atoms with E-state index in [2.05, 4.69) is 15.0 Å². The van der Waals surface area contributed by atoms with Crippen LogP contribution in [0.4, 0.5) is 0 Å². The molecule has 0 atom stereocenters. The van der Waals surface area contributed by atoms with E-state index in [-0.39, 0.29) is 5.56 Å². The van der Waals surface area contributed by atoms with Crippen molar-refractivity contribution in [2.45, 2.75) is 6.92 Å². The molecular weight excluding hydrogens is 322 g/mol. The van der Waals surface area contributed by atoms with Gasteiger partial charge in [0.2, 0.25) is 0 Å². The van der Waals surface area contributed by atoms with Crippen LogP contribution in [0.5, 0.6) is 11.5 Å². The van der Waals surface area contributed by atoms with Crippen molar-refractivity contribution in [1.29, 1.82) is 0 Å². The Labute approximate surface area is 144 Å². The minimum absolute atomic E-state index is 0.269. The monoisotopic (exact) mass is 341 g/mol. The van der Waals surface area contributed by atoms with E-state index < -0.39 is 0 Å². The lowest BCUT2D eigenvalue weighted by atomic mass is 10.2. The van der Waals surface area contributed by atoms with Crippen molar-refractivity contribution in [3.8, 4) is 22.9 Å². The van der Waals surface area contributed by atoms with E-state index in [9.17, 15) is 4.79 Å². The van der Waals surface area contributed by atoms with Gasteiger partial charge in [0, 0.05) is 36.7 Å². The van der Waals surface area contributed by atoms with Gasteiger partial charge in [0.25, 0.3) is 5.56 Å². The smallest absolute Gasteiger partial charge is 0.262 e. The highest BCUT2D eigenvalue weighted by atomic mass is 16.5. The van der Waals surface area contributed by atoms with Gasteiger partial charge >= 0.3 is 0 Å². The maximum Gasteiger partial charge on any atom is 0.262 e. The van der Waals surface area contributed by atoms with Crippen molar-refractivity contribution < 1.29 is 14.2 Å². The second-order valence-electron chi connectivity index (χ2n) is 5.46. The summed E-state index contributed by atoms with van der Waals surface area (Å²) in [5.41, 5.74) is 1.86. The molecular formula is C18H19N3O4. The maximum absolute atomic E-state index is 12.6. The van der Waals surface area contributed by atoms with Crippen molar-refractivity contribution >= 4 is 10.9 Å². The molecule has 25 heavy (non-hydrogen) atoms. The van der Waals surface area contributed by atoms with E-state index >= 15 is 0 Å². The molecule has 0 aliphatic rings. The van der Waals surface area contributed by atoms with Crippen molar-refractivity contribution in [2.24, 2.45) is 0 Å². The summed E-state index contributed by atoms with van der Waals surface area (Å²) in [6.45, 7) is 2.74.